The van der Waals surface area contributed by atoms with Gasteiger partial charge in [0.05, 0.1) is 12.4 Å². The van der Waals surface area contributed by atoms with Crippen LogP contribution in [0.4, 0.5) is 5.82 Å². The first kappa shape index (κ1) is 11.4. The van der Waals surface area contributed by atoms with E-state index in [1.807, 2.05) is 18.5 Å². The van der Waals surface area contributed by atoms with Gasteiger partial charge in [-0.15, -0.1) is 0 Å². The first-order valence-corrected chi connectivity index (χ1v) is 6.80. The lowest BCUT2D eigenvalue weighted by Gasteiger charge is -2.32. The highest BCUT2D eigenvalue weighted by Gasteiger charge is 2.23. The molecule has 0 aromatic carbocycles. The molecular weight excluding hydrogens is 254 g/mol. The second-order valence-electron chi connectivity index (χ2n) is 5.00. The molecule has 0 spiro atoms. The van der Waals surface area contributed by atoms with Gasteiger partial charge in [0, 0.05) is 25.5 Å². The Labute approximate surface area is 115 Å². The van der Waals surface area contributed by atoms with Crippen LogP contribution in [0.25, 0.3) is 11.2 Å². The van der Waals surface area contributed by atoms with Gasteiger partial charge in [-0.25, -0.2) is 15.0 Å². The topological polar surface area (TPSA) is 75.5 Å². The highest BCUT2D eigenvalue weighted by atomic mass is 15.3. The summed E-state index contributed by atoms with van der Waals surface area (Å²) in [5.74, 6) is 0.950. The Balaban J connectivity index is 1.56. The number of hydrogen-bond donors (Lipinski definition) is 1. The summed E-state index contributed by atoms with van der Waals surface area (Å²) in [5, 5.41) is 4.34. The zero-order valence-corrected chi connectivity index (χ0v) is 11.0. The lowest BCUT2D eigenvalue weighted by Crippen LogP contribution is -2.35. The van der Waals surface area contributed by atoms with Crippen molar-refractivity contribution in [2.24, 2.45) is 0 Å². The predicted molar refractivity (Wildman–Crippen MR) is 74.4 cm³/mol. The number of rotatable bonds is 2. The molecule has 3 aromatic heterocycles. The van der Waals surface area contributed by atoms with E-state index in [9.17, 15) is 0 Å². The molecule has 20 heavy (non-hydrogen) atoms. The van der Waals surface area contributed by atoms with Gasteiger partial charge in [-0.2, -0.15) is 5.10 Å². The zero-order valence-electron chi connectivity index (χ0n) is 11.0. The molecule has 0 radical (unpaired) electrons. The summed E-state index contributed by atoms with van der Waals surface area (Å²) in [6.07, 6.45) is 9.27. The Hall–Kier alpha value is -2.44. The van der Waals surface area contributed by atoms with Crippen molar-refractivity contribution in [3.63, 3.8) is 0 Å². The minimum atomic E-state index is 0.486. The molecule has 0 aliphatic carbocycles. The molecule has 0 bridgehead atoms. The summed E-state index contributed by atoms with van der Waals surface area (Å²) in [4.78, 5) is 18.2. The zero-order chi connectivity index (χ0) is 13.4. The minimum Gasteiger partial charge on any atom is -0.355 e. The fourth-order valence-electron chi connectivity index (χ4n) is 2.83. The van der Waals surface area contributed by atoms with E-state index in [1.54, 1.807) is 12.7 Å². The van der Waals surface area contributed by atoms with Crippen LogP contribution < -0.4 is 4.90 Å². The highest BCUT2D eigenvalue weighted by molar-refractivity contribution is 5.82. The standard InChI is InChI=1S/C13H15N7/c1-4-18-20(5-1)10-2-6-19(7-3-10)13-11-12(15-8-14-11)16-9-17-13/h1,4-5,8-10H,2-3,6-7H2,(H,14,15,16,17). The van der Waals surface area contributed by atoms with Gasteiger partial charge in [-0.05, 0) is 18.9 Å². The van der Waals surface area contributed by atoms with Crippen LogP contribution >= 0.6 is 0 Å². The molecule has 102 valence electrons. The number of nitrogens with one attached hydrogen (secondary N) is 1. The Morgan fingerprint density at radius 2 is 2.05 bits per heavy atom. The third-order valence-electron chi connectivity index (χ3n) is 3.87. The number of imidazole rings is 1. The minimum absolute atomic E-state index is 0.486. The number of hydrogen-bond acceptors (Lipinski definition) is 5. The maximum absolute atomic E-state index is 4.41. The Kier molecular flexibility index (Phi) is 2.61. The molecular formula is C13H15N7. The predicted octanol–water partition coefficient (Wildman–Crippen LogP) is 1.39. The second-order valence-corrected chi connectivity index (χ2v) is 5.00. The lowest BCUT2D eigenvalue weighted by atomic mass is 10.1. The van der Waals surface area contributed by atoms with Crippen LogP contribution in [0.5, 0.6) is 0 Å². The highest BCUT2D eigenvalue weighted by Crippen LogP contribution is 2.27. The summed E-state index contributed by atoms with van der Waals surface area (Å²) in [6, 6.07) is 2.46. The van der Waals surface area contributed by atoms with Gasteiger partial charge in [0.15, 0.2) is 11.5 Å². The van der Waals surface area contributed by atoms with Crippen molar-refractivity contribution in [3.05, 3.63) is 31.1 Å². The van der Waals surface area contributed by atoms with Gasteiger partial charge in [0.1, 0.15) is 11.8 Å². The Morgan fingerprint density at radius 3 is 2.85 bits per heavy atom. The van der Waals surface area contributed by atoms with E-state index in [4.69, 9.17) is 0 Å². The molecule has 0 saturated carbocycles. The van der Waals surface area contributed by atoms with Crippen LogP contribution in [-0.4, -0.2) is 42.8 Å². The molecule has 1 fully saturated rings. The third-order valence-corrected chi connectivity index (χ3v) is 3.87. The maximum Gasteiger partial charge on any atom is 0.182 e. The van der Waals surface area contributed by atoms with E-state index in [2.05, 4.69) is 34.6 Å². The molecule has 1 N–H and O–H groups in total. The molecule has 1 aliphatic heterocycles. The number of nitrogens with zero attached hydrogens (tertiary/aromatic N) is 6. The largest absolute Gasteiger partial charge is 0.355 e. The van der Waals surface area contributed by atoms with E-state index in [0.29, 0.717) is 6.04 Å². The fourth-order valence-corrected chi connectivity index (χ4v) is 2.83. The summed E-state index contributed by atoms with van der Waals surface area (Å²) >= 11 is 0. The lowest BCUT2D eigenvalue weighted by molar-refractivity contribution is 0.366. The normalized spacial score (nSPS) is 16.9. The van der Waals surface area contributed by atoms with Crippen molar-refractivity contribution in [1.29, 1.82) is 0 Å². The van der Waals surface area contributed by atoms with E-state index >= 15 is 0 Å². The van der Waals surface area contributed by atoms with Crippen LogP contribution in [0.15, 0.2) is 31.1 Å². The van der Waals surface area contributed by atoms with Gasteiger partial charge in [-0.3, -0.25) is 4.68 Å². The molecule has 0 amide bonds. The average Bonchev–Trinajstić information content (AvgIpc) is 3.18. The summed E-state index contributed by atoms with van der Waals surface area (Å²) in [7, 11) is 0. The molecule has 3 aromatic rings. The van der Waals surface area contributed by atoms with Crippen LogP contribution in [0, 0.1) is 0 Å². The van der Waals surface area contributed by atoms with Crippen molar-refractivity contribution in [2.45, 2.75) is 18.9 Å². The second kappa shape index (κ2) is 4.59. The van der Waals surface area contributed by atoms with Gasteiger partial charge in [0.25, 0.3) is 0 Å². The number of fused-ring (bicyclic) bond motifs is 1. The smallest absolute Gasteiger partial charge is 0.182 e. The molecule has 0 unspecified atom stereocenters. The van der Waals surface area contributed by atoms with Crippen LogP contribution in [0.2, 0.25) is 0 Å². The first-order valence-electron chi connectivity index (χ1n) is 6.80. The van der Waals surface area contributed by atoms with E-state index < -0.39 is 0 Å². The maximum atomic E-state index is 4.41. The molecule has 4 rings (SSSR count). The summed E-state index contributed by atoms with van der Waals surface area (Å²) < 4.78 is 2.06. The van der Waals surface area contributed by atoms with Crippen molar-refractivity contribution >= 4 is 17.0 Å². The van der Waals surface area contributed by atoms with Crippen molar-refractivity contribution in [2.75, 3.05) is 18.0 Å². The molecule has 7 heteroatoms. The van der Waals surface area contributed by atoms with E-state index in [0.717, 1.165) is 42.9 Å². The number of aromatic nitrogens is 6. The van der Waals surface area contributed by atoms with E-state index in [1.165, 1.54) is 0 Å². The SMILES string of the molecule is c1cnn(C2CCN(c3ncnc4nc[nH]c34)CC2)c1. The van der Waals surface area contributed by atoms with Crippen LogP contribution in [0.3, 0.4) is 0 Å². The first-order chi connectivity index (χ1) is 9.92. The van der Waals surface area contributed by atoms with Crippen LogP contribution in [0.1, 0.15) is 18.9 Å². The molecule has 0 atom stereocenters. The number of aromatic amines is 1. The van der Waals surface area contributed by atoms with E-state index in [-0.39, 0.29) is 0 Å². The van der Waals surface area contributed by atoms with Gasteiger partial charge in [-0.1, -0.05) is 0 Å². The quantitative estimate of drug-likeness (QED) is 0.761. The Bertz CT molecular complexity index is 694. The Morgan fingerprint density at radius 1 is 1.15 bits per heavy atom. The molecule has 4 heterocycles. The number of anilines is 1. The van der Waals surface area contributed by atoms with Gasteiger partial charge >= 0.3 is 0 Å². The molecule has 7 nitrogen and oxygen atoms in total. The van der Waals surface area contributed by atoms with Gasteiger partial charge in [0.2, 0.25) is 0 Å². The summed E-state index contributed by atoms with van der Waals surface area (Å²) in [6.45, 7) is 1.94. The number of H-pyrrole nitrogens is 1. The van der Waals surface area contributed by atoms with Gasteiger partial charge < -0.3 is 9.88 Å². The van der Waals surface area contributed by atoms with Crippen molar-refractivity contribution in [1.82, 2.24) is 29.7 Å². The van der Waals surface area contributed by atoms with Crippen molar-refractivity contribution < 1.29 is 0 Å². The summed E-state index contributed by atoms with van der Waals surface area (Å²) in [5.41, 5.74) is 1.65. The number of piperidine rings is 1. The molecule has 1 aliphatic rings. The fraction of sp³-hybridized carbons (Fsp3) is 0.385. The van der Waals surface area contributed by atoms with Crippen molar-refractivity contribution in [3.8, 4) is 0 Å². The monoisotopic (exact) mass is 269 g/mol. The van der Waals surface area contributed by atoms with Crippen LogP contribution in [-0.2, 0) is 0 Å². The third kappa shape index (κ3) is 1.82. The molecule has 1 saturated heterocycles. The average molecular weight is 269 g/mol.